The van der Waals surface area contributed by atoms with Crippen LogP contribution in [0.4, 0.5) is 11.4 Å². The van der Waals surface area contributed by atoms with E-state index in [1.54, 1.807) is 6.07 Å². The standard InChI is InChI=1S/C14H12BrIN2O/c1-8-2-4-10(7-13(8)17)18-14(19)11-6-9(16)3-5-12(11)15/h2-7H,17H2,1H3,(H,18,19). The zero-order chi connectivity index (χ0) is 14.0. The summed E-state index contributed by atoms with van der Waals surface area (Å²) in [6.07, 6.45) is 0. The van der Waals surface area contributed by atoms with Crippen molar-refractivity contribution in [2.45, 2.75) is 6.92 Å². The lowest BCUT2D eigenvalue weighted by Gasteiger charge is -2.09. The molecule has 3 N–H and O–H groups in total. The molecule has 1 amide bonds. The van der Waals surface area contributed by atoms with Gasteiger partial charge in [0.25, 0.3) is 5.91 Å². The van der Waals surface area contributed by atoms with Crippen LogP contribution in [0.15, 0.2) is 40.9 Å². The van der Waals surface area contributed by atoms with E-state index in [9.17, 15) is 4.79 Å². The molecule has 0 atom stereocenters. The first-order valence-electron chi connectivity index (χ1n) is 5.60. The van der Waals surface area contributed by atoms with Crippen molar-refractivity contribution in [2.75, 3.05) is 11.1 Å². The van der Waals surface area contributed by atoms with Gasteiger partial charge in [0.05, 0.1) is 5.56 Å². The molecule has 2 rings (SSSR count). The molecule has 0 aromatic heterocycles. The summed E-state index contributed by atoms with van der Waals surface area (Å²) >= 11 is 5.56. The predicted octanol–water partition coefficient (Wildman–Crippen LogP) is 4.20. The fourth-order valence-electron chi connectivity index (χ4n) is 1.59. The summed E-state index contributed by atoms with van der Waals surface area (Å²) < 4.78 is 1.78. The van der Waals surface area contributed by atoms with Crippen molar-refractivity contribution in [3.8, 4) is 0 Å². The summed E-state index contributed by atoms with van der Waals surface area (Å²) in [7, 11) is 0. The Balaban J connectivity index is 2.25. The summed E-state index contributed by atoms with van der Waals surface area (Å²) in [6.45, 7) is 1.93. The Morgan fingerprint density at radius 1 is 1.26 bits per heavy atom. The van der Waals surface area contributed by atoms with Crippen LogP contribution in [0, 0.1) is 10.5 Å². The van der Waals surface area contributed by atoms with Crippen LogP contribution in [-0.4, -0.2) is 5.91 Å². The van der Waals surface area contributed by atoms with Gasteiger partial charge in [-0.3, -0.25) is 4.79 Å². The first kappa shape index (κ1) is 14.3. The number of carbonyl (C=O) groups excluding carboxylic acids is 1. The molecule has 0 saturated heterocycles. The number of nitrogens with one attached hydrogen (secondary N) is 1. The van der Waals surface area contributed by atoms with Crippen molar-refractivity contribution in [2.24, 2.45) is 0 Å². The SMILES string of the molecule is Cc1ccc(NC(=O)c2cc(I)ccc2Br)cc1N. The second kappa shape index (κ2) is 5.92. The quantitative estimate of drug-likeness (QED) is 0.554. The number of hydrogen-bond donors (Lipinski definition) is 2. The highest BCUT2D eigenvalue weighted by molar-refractivity contribution is 14.1. The summed E-state index contributed by atoms with van der Waals surface area (Å²) in [4.78, 5) is 12.2. The number of amides is 1. The van der Waals surface area contributed by atoms with Gasteiger partial charge in [0.15, 0.2) is 0 Å². The van der Waals surface area contributed by atoms with Crippen LogP contribution < -0.4 is 11.1 Å². The molecule has 2 aromatic carbocycles. The molecule has 0 aliphatic carbocycles. The fraction of sp³-hybridized carbons (Fsp3) is 0.0714. The maximum Gasteiger partial charge on any atom is 0.256 e. The number of anilines is 2. The Hall–Kier alpha value is -1.08. The Morgan fingerprint density at radius 3 is 2.68 bits per heavy atom. The van der Waals surface area contributed by atoms with Crippen molar-refractivity contribution in [1.82, 2.24) is 0 Å². The van der Waals surface area contributed by atoms with Crippen LogP contribution >= 0.6 is 38.5 Å². The number of halogens is 2. The third-order valence-corrected chi connectivity index (χ3v) is 4.07. The topological polar surface area (TPSA) is 55.1 Å². The van der Waals surface area contributed by atoms with E-state index < -0.39 is 0 Å². The van der Waals surface area contributed by atoms with Crippen molar-refractivity contribution in [1.29, 1.82) is 0 Å². The van der Waals surface area contributed by atoms with Crippen molar-refractivity contribution >= 4 is 55.8 Å². The van der Waals surface area contributed by atoms with E-state index in [-0.39, 0.29) is 5.91 Å². The zero-order valence-electron chi connectivity index (χ0n) is 10.2. The fourth-order valence-corrected chi connectivity index (χ4v) is 2.51. The summed E-state index contributed by atoms with van der Waals surface area (Å²) in [6, 6.07) is 11.1. The summed E-state index contributed by atoms with van der Waals surface area (Å²) in [5.74, 6) is -0.159. The lowest BCUT2D eigenvalue weighted by Crippen LogP contribution is -2.13. The molecular weight excluding hydrogens is 419 g/mol. The van der Waals surface area contributed by atoms with E-state index in [0.717, 1.165) is 13.6 Å². The van der Waals surface area contributed by atoms with Crippen LogP contribution in [0.3, 0.4) is 0 Å². The number of carbonyl (C=O) groups is 1. The molecule has 2 aromatic rings. The number of hydrogen-bond acceptors (Lipinski definition) is 2. The molecule has 0 aliphatic heterocycles. The van der Waals surface area contributed by atoms with Gasteiger partial charge in [0.2, 0.25) is 0 Å². The van der Waals surface area contributed by atoms with Gasteiger partial charge in [-0.1, -0.05) is 6.07 Å². The lowest BCUT2D eigenvalue weighted by molar-refractivity contribution is 0.102. The molecular formula is C14H12BrIN2O. The van der Waals surface area contributed by atoms with Crippen molar-refractivity contribution in [3.63, 3.8) is 0 Å². The number of nitrogen functional groups attached to an aromatic ring is 1. The molecule has 0 unspecified atom stereocenters. The van der Waals surface area contributed by atoms with E-state index in [4.69, 9.17) is 5.73 Å². The van der Waals surface area contributed by atoms with Gasteiger partial charge in [-0.2, -0.15) is 0 Å². The molecule has 0 heterocycles. The zero-order valence-corrected chi connectivity index (χ0v) is 13.9. The average Bonchev–Trinajstić information content (AvgIpc) is 2.36. The van der Waals surface area contributed by atoms with Crippen LogP contribution in [0.2, 0.25) is 0 Å². The van der Waals surface area contributed by atoms with Gasteiger partial charge < -0.3 is 11.1 Å². The third kappa shape index (κ3) is 3.48. The van der Waals surface area contributed by atoms with Crippen LogP contribution in [-0.2, 0) is 0 Å². The minimum atomic E-state index is -0.159. The minimum Gasteiger partial charge on any atom is -0.398 e. The Bertz CT molecular complexity index is 643. The number of nitrogens with two attached hydrogens (primary N) is 1. The third-order valence-electron chi connectivity index (χ3n) is 2.71. The maximum absolute atomic E-state index is 12.2. The largest absolute Gasteiger partial charge is 0.398 e. The smallest absolute Gasteiger partial charge is 0.256 e. The molecule has 0 spiro atoms. The van der Waals surface area contributed by atoms with Crippen LogP contribution in [0.1, 0.15) is 15.9 Å². The molecule has 0 saturated carbocycles. The number of aryl methyl sites for hydroxylation is 1. The molecule has 0 bridgehead atoms. The van der Waals surface area contributed by atoms with Gasteiger partial charge in [0, 0.05) is 19.4 Å². The van der Waals surface area contributed by atoms with E-state index in [1.165, 1.54) is 0 Å². The van der Waals surface area contributed by atoms with E-state index >= 15 is 0 Å². The highest BCUT2D eigenvalue weighted by atomic mass is 127. The summed E-state index contributed by atoms with van der Waals surface area (Å²) in [5.41, 5.74) is 8.78. The Morgan fingerprint density at radius 2 is 2.00 bits per heavy atom. The van der Waals surface area contributed by atoms with E-state index in [2.05, 4.69) is 43.8 Å². The second-order valence-electron chi connectivity index (χ2n) is 4.15. The molecule has 0 radical (unpaired) electrons. The minimum absolute atomic E-state index is 0.159. The Kier molecular flexibility index (Phi) is 4.46. The average molecular weight is 431 g/mol. The number of benzene rings is 2. The van der Waals surface area contributed by atoms with E-state index in [1.807, 2.05) is 37.3 Å². The van der Waals surface area contributed by atoms with Gasteiger partial charge in [0.1, 0.15) is 0 Å². The van der Waals surface area contributed by atoms with Crippen LogP contribution in [0.25, 0.3) is 0 Å². The van der Waals surface area contributed by atoms with Gasteiger partial charge in [-0.25, -0.2) is 0 Å². The van der Waals surface area contributed by atoms with Crippen LogP contribution in [0.5, 0.6) is 0 Å². The molecule has 98 valence electrons. The van der Waals surface area contributed by atoms with Gasteiger partial charge >= 0.3 is 0 Å². The first-order valence-corrected chi connectivity index (χ1v) is 7.47. The van der Waals surface area contributed by atoms with Crippen molar-refractivity contribution in [3.05, 3.63) is 55.6 Å². The normalized spacial score (nSPS) is 10.3. The number of rotatable bonds is 2. The maximum atomic E-state index is 12.2. The summed E-state index contributed by atoms with van der Waals surface area (Å²) in [5, 5.41) is 2.84. The Labute approximate surface area is 133 Å². The lowest BCUT2D eigenvalue weighted by atomic mass is 10.1. The molecule has 3 nitrogen and oxygen atoms in total. The molecule has 5 heteroatoms. The van der Waals surface area contributed by atoms with Gasteiger partial charge in [-0.05, 0) is 81.3 Å². The molecule has 0 aliphatic rings. The predicted molar refractivity (Wildman–Crippen MR) is 90.4 cm³/mol. The second-order valence-corrected chi connectivity index (χ2v) is 6.25. The van der Waals surface area contributed by atoms with Gasteiger partial charge in [-0.15, -0.1) is 0 Å². The monoisotopic (exact) mass is 430 g/mol. The molecule has 19 heavy (non-hydrogen) atoms. The molecule has 0 fully saturated rings. The van der Waals surface area contributed by atoms with E-state index in [0.29, 0.717) is 16.9 Å². The highest BCUT2D eigenvalue weighted by Crippen LogP contribution is 2.22. The van der Waals surface area contributed by atoms with Crippen molar-refractivity contribution < 1.29 is 4.79 Å². The first-order chi connectivity index (χ1) is 8.97. The highest BCUT2D eigenvalue weighted by Gasteiger charge is 2.11.